The van der Waals surface area contributed by atoms with E-state index in [2.05, 4.69) is 63.0 Å². The molecule has 2 aromatic carbocycles. The summed E-state index contributed by atoms with van der Waals surface area (Å²) in [5.41, 5.74) is 4.68. The molecule has 0 aliphatic rings. The first-order valence-corrected chi connectivity index (χ1v) is 8.14. The van der Waals surface area contributed by atoms with E-state index in [9.17, 15) is 0 Å². The van der Waals surface area contributed by atoms with Crippen molar-refractivity contribution in [1.82, 2.24) is 0 Å². The second-order valence-corrected chi connectivity index (χ2v) is 5.81. The Labute approximate surface area is 140 Å². The lowest BCUT2D eigenvalue weighted by Crippen LogP contribution is -1.93. The Morgan fingerprint density at radius 2 is 1.48 bits per heavy atom. The zero-order valence-electron chi connectivity index (χ0n) is 14.2. The van der Waals surface area contributed by atoms with Gasteiger partial charge in [-0.15, -0.1) is 0 Å². The molecule has 0 saturated heterocycles. The van der Waals surface area contributed by atoms with Crippen molar-refractivity contribution in [2.45, 2.75) is 33.6 Å². The minimum Gasteiger partial charge on any atom is -0.490 e. The highest BCUT2D eigenvalue weighted by molar-refractivity contribution is 5.44. The molecule has 0 unspecified atom stereocenters. The minimum absolute atomic E-state index is 0.609. The second kappa shape index (κ2) is 8.86. The van der Waals surface area contributed by atoms with Crippen LogP contribution in [0.1, 0.15) is 43.9 Å². The Balaban J connectivity index is 1.97. The van der Waals surface area contributed by atoms with E-state index in [1.807, 2.05) is 24.3 Å². The van der Waals surface area contributed by atoms with Gasteiger partial charge in [0.15, 0.2) is 0 Å². The summed E-state index contributed by atoms with van der Waals surface area (Å²) in [7, 11) is 0. The molecule has 1 heteroatoms. The molecule has 0 saturated carbocycles. The molecule has 0 fully saturated rings. The quantitative estimate of drug-likeness (QED) is 0.532. The number of hydrogen-bond acceptors (Lipinski definition) is 1. The van der Waals surface area contributed by atoms with Crippen LogP contribution in [0.25, 0.3) is 0 Å². The average Bonchev–Trinajstić information content (AvgIpc) is 2.55. The molecule has 0 spiro atoms. The van der Waals surface area contributed by atoms with E-state index in [4.69, 9.17) is 4.74 Å². The van der Waals surface area contributed by atoms with Gasteiger partial charge in [-0.25, -0.2) is 0 Å². The predicted molar refractivity (Wildman–Crippen MR) is 97.8 cm³/mol. The van der Waals surface area contributed by atoms with E-state index in [0.717, 1.165) is 23.3 Å². The average molecular weight is 304 g/mol. The van der Waals surface area contributed by atoms with Gasteiger partial charge in [0, 0.05) is 11.1 Å². The molecular formula is C22H24O. The van der Waals surface area contributed by atoms with Crippen LogP contribution in [-0.2, 0) is 6.42 Å². The third-order valence-electron chi connectivity index (χ3n) is 3.44. The maximum atomic E-state index is 5.65. The maximum absolute atomic E-state index is 5.65. The molecule has 2 rings (SSSR count). The summed E-state index contributed by atoms with van der Waals surface area (Å²) in [5.74, 6) is 7.28. The molecule has 0 heterocycles. The van der Waals surface area contributed by atoms with Gasteiger partial charge in [-0.1, -0.05) is 42.9 Å². The summed E-state index contributed by atoms with van der Waals surface area (Å²) in [4.78, 5) is 0. The molecule has 23 heavy (non-hydrogen) atoms. The van der Waals surface area contributed by atoms with Crippen molar-refractivity contribution in [3.05, 3.63) is 76.9 Å². The summed E-state index contributed by atoms with van der Waals surface area (Å²) in [6.45, 7) is 6.94. The van der Waals surface area contributed by atoms with Crippen molar-refractivity contribution in [2.75, 3.05) is 6.61 Å². The van der Waals surface area contributed by atoms with Crippen molar-refractivity contribution in [3.63, 3.8) is 0 Å². The summed E-state index contributed by atoms with van der Waals surface area (Å²) in [6.07, 6.45) is 4.37. The molecule has 0 amide bonds. The first kappa shape index (κ1) is 16.9. The SMILES string of the molecule is CCCc1ccc(C#Cc2ccc(OCC=C(C)C)cc2)cc1. The molecule has 0 aliphatic heterocycles. The first-order valence-electron chi connectivity index (χ1n) is 8.14. The van der Waals surface area contributed by atoms with Crippen LogP contribution < -0.4 is 4.74 Å². The summed E-state index contributed by atoms with van der Waals surface area (Å²) in [5, 5.41) is 0. The van der Waals surface area contributed by atoms with Gasteiger partial charge in [0.25, 0.3) is 0 Å². The van der Waals surface area contributed by atoms with Gasteiger partial charge in [-0.05, 0) is 68.3 Å². The van der Waals surface area contributed by atoms with E-state index in [0.29, 0.717) is 6.61 Å². The summed E-state index contributed by atoms with van der Waals surface area (Å²) in [6, 6.07) is 16.4. The third kappa shape index (κ3) is 6.04. The van der Waals surface area contributed by atoms with Crippen LogP contribution in [0, 0.1) is 11.8 Å². The molecule has 118 valence electrons. The topological polar surface area (TPSA) is 9.23 Å². The van der Waals surface area contributed by atoms with E-state index in [1.54, 1.807) is 0 Å². The predicted octanol–water partition coefficient (Wildman–Crippen LogP) is 5.38. The summed E-state index contributed by atoms with van der Waals surface area (Å²) < 4.78 is 5.65. The Morgan fingerprint density at radius 1 is 0.913 bits per heavy atom. The van der Waals surface area contributed by atoms with Gasteiger partial charge in [-0.2, -0.15) is 0 Å². The fourth-order valence-corrected chi connectivity index (χ4v) is 2.13. The van der Waals surface area contributed by atoms with Crippen molar-refractivity contribution < 1.29 is 4.74 Å². The zero-order valence-corrected chi connectivity index (χ0v) is 14.2. The van der Waals surface area contributed by atoms with Gasteiger partial charge in [0.2, 0.25) is 0 Å². The second-order valence-electron chi connectivity index (χ2n) is 5.81. The lowest BCUT2D eigenvalue weighted by Gasteiger charge is -2.03. The van der Waals surface area contributed by atoms with E-state index >= 15 is 0 Å². The molecule has 0 bridgehead atoms. The van der Waals surface area contributed by atoms with Crippen LogP contribution in [-0.4, -0.2) is 6.61 Å². The van der Waals surface area contributed by atoms with E-state index in [-0.39, 0.29) is 0 Å². The summed E-state index contributed by atoms with van der Waals surface area (Å²) >= 11 is 0. The highest BCUT2D eigenvalue weighted by atomic mass is 16.5. The Hall–Kier alpha value is -2.46. The van der Waals surface area contributed by atoms with Crippen LogP contribution in [0.2, 0.25) is 0 Å². The highest BCUT2D eigenvalue weighted by Gasteiger charge is 1.94. The lowest BCUT2D eigenvalue weighted by molar-refractivity contribution is 0.362. The van der Waals surface area contributed by atoms with Crippen molar-refractivity contribution >= 4 is 0 Å². The van der Waals surface area contributed by atoms with Gasteiger partial charge in [0.05, 0.1) is 0 Å². The largest absolute Gasteiger partial charge is 0.490 e. The highest BCUT2D eigenvalue weighted by Crippen LogP contribution is 2.12. The van der Waals surface area contributed by atoms with Gasteiger partial charge in [0.1, 0.15) is 12.4 Å². The van der Waals surface area contributed by atoms with Gasteiger partial charge < -0.3 is 4.74 Å². The Kier molecular flexibility index (Phi) is 6.51. The normalized spacial score (nSPS) is 9.70. The molecule has 0 atom stereocenters. The Morgan fingerprint density at radius 3 is 2.00 bits per heavy atom. The number of hydrogen-bond donors (Lipinski definition) is 0. The molecule has 0 aromatic heterocycles. The molecule has 2 aromatic rings. The Bertz CT molecular complexity index is 690. The maximum Gasteiger partial charge on any atom is 0.119 e. The van der Waals surface area contributed by atoms with Crippen LogP contribution in [0.5, 0.6) is 5.75 Å². The minimum atomic E-state index is 0.609. The monoisotopic (exact) mass is 304 g/mol. The number of benzene rings is 2. The zero-order chi connectivity index (χ0) is 16.5. The smallest absolute Gasteiger partial charge is 0.119 e. The molecule has 1 nitrogen and oxygen atoms in total. The number of rotatable bonds is 5. The van der Waals surface area contributed by atoms with Gasteiger partial charge >= 0.3 is 0 Å². The van der Waals surface area contributed by atoms with E-state index in [1.165, 1.54) is 17.6 Å². The number of aryl methyl sites for hydroxylation is 1. The van der Waals surface area contributed by atoms with Crippen LogP contribution in [0.4, 0.5) is 0 Å². The number of ether oxygens (including phenoxy) is 1. The fourth-order valence-electron chi connectivity index (χ4n) is 2.13. The number of allylic oxidation sites excluding steroid dienone is 1. The van der Waals surface area contributed by atoms with Crippen molar-refractivity contribution in [3.8, 4) is 17.6 Å². The molecule has 0 aliphatic carbocycles. The van der Waals surface area contributed by atoms with Gasteiger partial charge in [-0.3, -0.25) is 0 Å². The van der Waals surface area contributed by atoms with Crippen molar-refractivity contribution in [2.24, 2.45) is 0 Å². The molecule has 0 radical (unpaired) electrons. The van der Waals surface area contributed by atoms with Crippen molar-refractivity contribution in [1.29, 1.82) is 0 Å². The fraction of sp³-hybridized carbons (Fsp3) is 0.273. The molecular weight excluding hydrogens is 280 g/mol. The third-order valence-corrected chi connectivity index (χ3v) is 3.44. The van der Waals surface area contributed by atoms with Crippen LogP contribution in [0.3, 0.4) is 0 Å². The lowest BCUT2D eigenvalue weighted by atomic mass is 10.1. The van der Waals surface area contributed by atoms with Crippen LogP contribution >= 0.6 is 0 Å². The first-order chi connectivity index (χ1) is 11.2. The van der Waals surface area contributed by atoms with Crippen LogP contribution in [0.15, 0.2) is 60.2 Å². The standard InChI is InChI=1S/C22H24O/c1-4-5-19-6-8-20(9-7-19)10-11-21-12-14-22(15-13-21)23-17-16-18(2)3/h6-9,12-16H,4-5,17H2,1-3H3. The molecule has 0 N–H and O–H groups in total. The van der Waals surface area contributed by atoms with E-state index < -0.39 is 0 Å².